The van der Waals surface area contributed by atoms with Gasteiger partial charge in [0.25, 0.3) is 5.54 Å². The average Bonchev–Trinajstić information content (AvgIpc) is 3.29. The number of alkyl carbamates (subject to hydrolysis) is 1. The van der Waals surface area contributed by atoms with Gasteiger partial charge in [0.15, 0.2) is 0 Å². The van der Waals surface area contributed by atoms with Gasteiger partial charge in [-0.1, -0.05) is 48.9 Å². The van der Waals surface area contributed by atoms with Gasteiger partial charge in [-0.3, -0.25) is 4.90 Å². The van der Waals surface area contributed by atoms with E-state index < -0.39 is 17.2 Å². The van der Waals surface area contributed by atoms with Crippen molar-refractivity contribution in [2.24, 2.45) is 11.8 Å². The first-order chi connectivity index (χ1) is 17.2. The third-order valence-electron chi connectivity index (χ3n) is 7.71. The van der Waals surface area contributed by atoms with Gasteiger partial charge in [-0.05, 0) is 77.2 Å². The molecular weight excluding hydrogens is 453 g/mol. The lowest BCUT2D eigenvalue weighted by Gasteiger charge is -2.42. The number of hydrogen-bond acceptors (Lipinski definition) is 3. The Morgan fingerprint density at radius 3 is 2.44 bits per heavy atom. The van der Waals surface area contributed by atoms with Crippen molar-refractivity contribution in [3.05, 3.63) is 83.0 Å². The first-order valence-corrected chi connectivity index (χ1v) is 13.1. The maximum Gasteiger partial charge on any atom is 0.407 e. The van der Waals surface area contributed by atoms with Crippen molar-refractivity contribution in [3.63, 3.8) is 0 Å². The van der Waals surface area contributed by atoms with Crippen molar-refractivity contribution < 1.29 is 13.9 Å². The van der Waals surface area contributed by atoms with Crippen LogP contribution in [0.2, 0.25) is 0 Å². The van der Waals surface area contributed by atoms with Crippen molar-refractivity contribution in [2.45, 2.75) is 76.6 Å². The van der Waals surface area contributed by atoms with E-state index in [-0.39, 0.29) is 23.7 Å². The van der Waals surface area contributed by atoms with Gasteiger partial charge in [0.1, 0.15) is 11.4 Å². The molecule has 1 saturated heterocycles. The summed E-state index contributed by atoms with van der Waals surface area (Å²) in [6.45, 7) is 16.7. The molecule has 1 N–H and O–H groups in total. The van der Waals surface area contributed by atoms with Crippen molar-refractivity contribution >= 4 is 6.09 Å². The minimum atomic E-state index is -0.892. The number of hydrogen-bond donors (Lipinski definition) is 1. The number of amides is 1. The molecule has 0 aromatic heterocycles. The van der Waals surface area contributed by atoms with Crippen LogP contribution in [-0.2, 0) is 16.8 Å². The topological polar surface area (TPSA) is 45.9 Å². The zero-order chi connectivity index (χ0) is 25.8. The largest absolute Gasteiger partial charge is 0.444 e. The summed E-state index contributed by atoms with van der Waals surface area (Å²) < 4.78 is 20.0. The maximum atomic E-state index is 14.5. The molecule has 2 aromatic rings. The second kappa shape index (κ2) is 11.0. The van der Waals surface area contributed by atoms with E-state index >= 15 is 0 Å². The van der Waals surface area contributed by atoms with E-state index in [0.717, 1.165) is 57.3 Å². The lowest BCUT2D eigenvalue weighted by molar-refractivity contribution is 0.0454. The monoisotopic (exact) mass is 491 g/mol. The SMILES string of the molecule is [C-]#[N+][C@@](c1cccc(F)c1)(C1CCN(Cc2ccccc2)CC1)[C@H]1CCC[C@@H]1NC(=O)OC(C)(C)C. The minimum Gasteiger partial charge on any atom is -0.444 e. The Hall–Kier alpha value is -2.91. The lowest BCUT2D eigenvalue weighted by atomic mass is 9.65. The number of ether oxygens (including phenoxy) is 1. The predicted molar refractivity (Wildman–Crippen MR) is 140 cm³/mol. The van der Waals surface area contributed by atoms with Gasteiger partial charge in [-0.15, -0.1) is 0 Å². The number of nitrogens with one attached hydrogen (secondary N) is 1. The van der Waals surface area contributed by atoms with Crippen LogP contribution < -0.4 is 5.32 Å². The number of rotatable bonds is 6. The Balaban J connectivity index is 1.59. The van der Waals surface area contributed by atoms with E-state index in [1.54, 1.807) is 6.07 Å². The van der Waals surface area contributed by atoms with Crippen LogP contribution in [-0.4, -0.2) is 35.7 Å². The molecular formula is C30H38FN3O2. The smallest absolute Gasteiger partial charge is 0.407 e. The molecule has 1 aliphatic heterocycles. The molecule has 192 valence electrons. The van der Waals surface area contributed by atoms with Gasteiger partial charge in [0.2, 0.25) is 0 Å². The molecule has 1 aliphatic carbocycles. The summed E-state index contributed by atoms with van der Waals surface area (Å²) in [6.07, 6.45) is 3.82. The maximum absolute atomic E-state index is 14.5. The van der Waals surface area contributed by atoms with Gasteiger partial charge < -0.3 is 14.9 Å². The molecule has 3 atom stereocenters. The van der Waals surface area contributed by atoms with Crippen LogP contribution in [0.4, 0.5) is 9.18 Å². The molecule has 6 heteroatoms. The fourth-order valence-corrected chi connectivity index (χ4v) is 6.22. The van der Waals surface area contributed by atoms with E-state index in [1.807, 2.05) is 32.9 Å². The number of piperidine rings is 1. The Labute approximate surface area is 214 Å². The highest BCUT2D eigenvalue weighted by atomic mass is 19.1. The Morgan fingerprint density at radius 1 is 1.08 bits per heavy atom. The summed E-state index contributed by atoms with van der Waals surface area (Å²) in [5.41, 5.74) is 0.539. The standard InChI is InChI=1S/C30H38FN3O2/c1-29(2,3)36-28(35)33-27-15-9-14-26(27)30(32-4,24-12-8-13-25(31)20-24)23-16-18-34(19-17-23)21-22-10-6-5-7-11-22/h5-8,10-13,20,23,26-27H,9,14-19,21H2,1-3H3,(H,33,35)/t26-,27-,30+/m0/s1. The third kappa shape index (κ3) is 5.90. The van der Waals surface area contributed by atoms with Gasteiger partial charge in [-0.2, -0.15) is 0 Å². The fraction of sp³-hybridized carbons (Fsp3) is 0.533. The highest BCUT2D eigenvalue weighted by molar-refractivity contribution is 5.68. The normalized spacial score (nSPS) is 23.0. The molecule has 2 fully saturated rings. The van der Waals surface area contributed by atoms with Crippen molar-refractivity contribution in [1.82, 2.24) is 10.2 Å². The highest BCUT2D eigenvalue weighted by Gasteiger charge is 2.58. The van der Waals surface area contributed by atoms with Gasteiger partial charge in [-0.25, -0.2) is 15.8 Å². The van der Waals surface area contributed by atoms with E-state index in [0.29, 0.717) is 0 Å². The molecule has 5 nitrogen and oxygen atoms in total. The van der Waals surface area contributed by atoms with Gasteiger partial charge >= 0.3 is 6.09 Å². The zero-order valence-electron chi connectivity index (χ0n) is 21.7. The van der Waals surface area contributed by atoms with Crippen molar-refractivity contribution in [2.75, 3.05) is 13.1 Å². The van der Waals surface area contributed by atoms with Crippen LogP contribution in [0.25, 0.3) is 4.85 Å². The lowest BCUT2D eigenvalue weighted by Crippen LogP contribution is -2.52. The van der Waals surface area contributed by atoms with Crippen LogP contribution in [0.5, 0.6) is 0 Å². The molecule has 1 saturated carbocycles. The highest BCUT2D eigenvalue weighted by Crippen LogP contribution is 2.51. The van der Waals surface area contributed by atoms with Crippen LogP contribution in [0.15, 0.2) is 54.6 Å². The van der Waals surface area contributed by atoms with E-state index in [1.165, 1.54) is 17.7 Å². The number of carbonyl (C=O) groups is 1. The predicted octanol–water partition coefficient (Wildman–Crippen LogP) is 6.55. The zero-order valence-corrected chi connectivity index (χ0v) is 21.7. The molecule has 0 unspecified atom stereocenters. The Morgan fingerprint density at radius 2 is 1.81 bits per heavy atom. The summed E-state index contributed by atoms with van der Waals surface area (Å²) in [5.74, 6) is -0.346. The molecule has 0 bridgehead atoms. The average molecular weight is 492 g/mol. The quantitative estimate of drug-likeness (QED) is 0.466. The van der Waals surface area contributed by atoms with Gasteiger partial charge in [0.05, 0.1) is 5.92 Å². The van der Waals surface area contributed by atoms with Crippen molar-refractivity contribution in [3.8, 4) is 0 Å². The summed E-state index contributed by atoms with van der Waals surface area (Å²) in [5, 5.41) is 3.08. The Bertz CT molecular complexity index is 1070. The third-order valence-corrected chi connectivity index (χ3v) is 7.71. The van der Waals surface area contributed by atoms with Crippen LogP contribution >= 0.6 is 0 Å². The first kappa shape index (κ1) is 26.2. The molecule has 1 heterocycles. The number of benzene rings is 2. The second-order valence-corrected chi connectivity index (χ2v) is 11.3. The van der Waals surface area contributed by atoms with E-state index in [4.69, 9.17) is 11.3 Å². The van der Waals surface area contributed by atoms with Crippen molar-refractivity contribution in [1.29, 1.82) is 0 Å². The summed E-state index contributed by atoms with van der Waals surface area (Å²) in [4.78, 5) is 19.5. The number of carbonyl (C=O) groups excluding carboxylic acids is 1. The fourth-order valence-electron chi connectivity index (χ4n) is 6.22. The molecule has 1 amide bonds. The second-order valence-electron chi connectivity index (χ2n) is 11.3. The minimum absolute atomic E-state index is 0.0786. The summed E-state index contributed by atoms with van der Waals surface area (Å²) in [6, 6.07) is 16.9. The summed E-state index contributed by atoms with van der Waals surface area (Å²) >= 11 is 0. The summed E-state index contributed by atoms with van der Waals surface area (Å²) in [7, 11) is 0. The molecule has 4 rings (SSSR count). The molecule has 0 spiro atoms. The molecule has 2 aromatic carbocycles. The van der Waals surface area contributed by atoms with E-state index in [2.05, 4.69) is 39.3 Å². The van der Waals surface area contributed by atoms with Crippen LogP contribution in [0.3, 0.4) is 0 Å². The number of halogens is 1. The van der Waals surface area contributed by atoms with Crippen LogP contribution in [0.1, 0.15) is 64.0 Å². The number of likely N-dealkylation sites (tertiary alicyclic amines) is 1. The Kier molecular flexibility index (Phi) is 8.00. The van der Waals surface area contributed by atoms with E-state index in [9.17, 15) is 9.18 Å². The molecule has 36 heavy (non-hydrogen) atoms. The molecule has 2 aliphatic rings. The first-order valence-electron chi connectivity index (χ1n) is 13.1. The number of nitrogens with zero attached hydrogens (tertiary/aromatic N) is 2. The van der Waals surface area contributed by atoms with Gasteiger partial charge in [0, 0.05) is 24.1 Å². The molecule has 0 radical (unpaired) electrons. The van der Waals surface area contributed by atoms with Crippen LogP contribution in [0, 0.1) is 24.2 Å².